The van der Waals surface area contributed by atoms with Gasteiger partial charge in [-0.15, -0.1) is 0 Å². The van der Waals surface area contributed by atoms with Gasteiger partial charge in [0, 0.05) is 5.69 Å². The molecule has 0 fully saturated rings. The first-order chi connectivity index (χ1) is 9.67. The van der Waals surface area contributed by atoms with E-state index in [9.17, 15) is 9.18 Å². The quantitative estimate of drug-likeness (QED) is 0.850. The molecule has 0 spiro atoms. The molecule has 1 aliphatic rings. The van der Waals surface area contributed by atoms with Crippen LogP contribution in [0.4, 0.5) is 4.39 Å². The van der Waals surface area contributed by atoms with Crippen LogP contribution in [0.15, 0.2) is 30.3 Å². The number of ether oxygens (including phenoxy) is 1. The van der Waals surface area contributed by atoms with Gasteiger partial charge in [0.1, 0.15) is 11.5 Å². The minimum atomic E-state index is -0.371. The molecular weight excluding hydrogens is 257 g/mol. The first kappa shape index (κ1) is 12.7. The highest BCUT2D eigenvalue weighted by Gasteiger charge is 2.21. The third-order valence-electron chi connectivity index (χ3n) is 3.48. The largest absolute Gasteiger partial charge is 0.464 e. The Kier molecular flexibility index (Phi) is 3.14. The second kappa shape index (κ2) is 4.96. The summed E-state index contributed by atoms with van der Waals surface area (Å²) in [5.41, 5.74) is 4.45. The number of rotatable bonds is 2. The molecule has 0 bridgehead atoms. The fraction of sp³-hybridized carbons (Fsp3) is 0.188. The predicted octanol–water partition coefficient (Wildman–Crippen LogP) is 3.43. The summed E-state index contributed by atoms with van der Waals surface area (Å²) in [6.07, 6.45) is 3.70. The van der Waals surface area contributed by atoms with E-state index in [1.807, 2.05) is 12.1 Å². The lowest BCUT2D eigenvalue weighted by molar-refractivity contribution is 0.0594. The van der Waals surface area contributed by atoms with Crippen LogP contribution in [0.3, 0.4) is 0 Å². The van der Waals surface area contributed by atoms with Crippen LogP contribution in [0.2, 0.25) is 0 Å². The van der Waals surface area contributed by atoms with Crippen molar-refractivity contribution in [3.05, 3.63) is 58.7 Å². The molecule has 3 rings (SSSR count). The molecule has 0 saturated carbocycles. The molecule has 0 saturated heterocycles. The van der Waals surface area contributed by atoms with Crippen LogP contribution in [-0.2, 0) is 11.2 Å². The van der Waals surface area contributed by atoms with E-state index in [0.29, 0.717) is 5.69 Å². The van der Waals surface area contributed by atoms with Crippen LogP contribution < -0.4 is 0 Å². The second-order valence-electron chi connectivity index (χ2n) is 4.79. The van der Waals surface area contributed by atoms with Gasteiger partial charge in [-0.05, 0) is 47.7 Å². The zero-order chi connectivity index (χ0) is 14.1. The monoisotopic (exact) mass is 271 g/mol. The molecule has 3 nitrogen and oxygen atoms in total. The Balaban J connectivity index is 1.96. The van der Waals surface area contributed by atoms with Crippen LogP contribution in [0, 0.1) is 5.82 Å². The highest BCUT2D eigenvalue weighted by molar-refractivity contribution is 5.92. The number of allylic oxidation sites excluding steroid dienone is 1. The van der Waals surface area contributed by atoms with Gasteiger partial charge in [0.15, 0.2) is 0 Å². The van der Waals surface area contributed by atoms with Crippen LogP contribution in [-0.4, -0.2) is 18.1 Å². The highest BCUT2D eigenvalue weighted by atomic mass is 19.1. The zero-order valence-corrected chi connectivity index (χ0v) is 11.1. The molecule has 20 heavy (non-hydrogen) atoms. The molecule has 0 radical (unpaired) electrons. The number of methoxy groups -OCH3 is 1. The average Bonchev–Trinajstić information content (AvgIpc) is 3.00. The summed E-state index contributed by atoms with van der Waals surface area (Å²) in [4.78, 5) is 14.6. The van der Waals surface area contributed by atoms with E-state index >= 15 is 0 Å². The van der Waals surface area contributed by atoms with Crippen LogP contribution in [0.1, 0.15) is 33.7 Å². The van der Waals surface area contributed by atoms with Gasteiger partial charge in [-0.1, -0.05) is 18.2 Å². The average molecular weight is 271 g/mol. The second-order valence-corrected chi connectivity index (χ2v) is 4.79. The molecule has 102 valence electrons. The Morgan fingerprint density at radius 2 is 2.20 bits per heavy atom. The predicted molar refractivity (Wildman–Crippen MR) is 74.7 cm³/mol. The van der Waals surface area contributed by atoms with Gasteiger partial charge in [-0.2, -0.15) is 0 Å². The summed E-state index contributed by atoms with van der Waals surface area (Å²) in [5.74, 6) is -0.619. The maximum Gasteiger partial charge on any atom is 0.354 e. The van der Waals surface area contributed by atoms with E-state index in [2.05, 4.69) is 4.98 Å². The van der Waals surface area contributed by atoms with Crippen molar-refractivity contribution in [2.24, 2.45) is 0 Å². The van der Waals surface area contributed by atoms with Gasteiger partial charge < -0.3 is 9.72 Å². The number of aryl methyl sites for hydroxylation is 1. The fourth-order valence-electron chi connectivity index (χ4n) is 2.54. The van der Waals surface area contributed by atoms with Gasteiger partial charge >= 0.3 is 5.97 Å². The first-order valence-corrected chi connectivity index (χ1v) is 6.44. The topological polar surface area (TPSA) is 42.1 Å². The number of carbonyl (C=O) groups is 1. The third kappa shape index (κ3) is 2.25. The SMILES string of the molecule is COC(=O)c1cc2c([nH]1)CCC2=Cc1cccc(F)c1. The Labute approximate surface area is 116 Å². The minimum Gasteiger partial charge on any atom is -0.464 e. The zero-order valence-electron chi connectivity index (χ0n) is 11.1. The minimum absolute atomic E-state index is 0.248. The maximum atomic E-state index is 13.2. The summed E-state index contributed by atoms with van der Waals surface area (Å²) in [5, 5.41) is 0. The van der Waals surface area contributed by atoms with Crippen LogP contribution >= 0.6 is 0 Å². The van der Waals surface area contributed by atoms with Crippen LogP contribution in [0.5, 0.6) is 0 Å². The summed E-state index contributed by atoms with van der Waals surface area (Å²) in [6.45, 7) is 0. The summed E-state index contributed by atoms with van der Waals surface area (Å²) in [6, 6.07) is 8.28. The van der Waals surface area contributed by atoms with E-state index in [1.54, 1.807) is 12.1 Å². The van der Waals surface area contributed by atoms with E-state index < -0.39 is 0 Å². The number of nitrogens with one attached hydrogen (secondary N) is 1. The molecular formula is C16H14FNO2. The van der Waals surface area contributed by atoms with E-state index in [1.165, 1.54) is 19.2 Å². The van der Waals surface area contributed by atoms with Crippen molar-refractivity contribution >= 4 is 17.6 Å². The van der Waals surface area contributed by atoms with E-state index in [-0.39, 0.29) is 11.8 Å². The lowest BCUT2D eigenvalue weighted by atomic mass is 10.1. The van der Waals surface area contributed by atoms with Crippen molar-refractivity contribution in [2.75, 3.05) is 7.11 Å². The van der Waals surface area contributed by atoms with Gasteiger partial charge in [0.25, 0.3) is 0 Å². The van der Waals surface area contributed by atoms with Crippen molar-refractivity contribution in [1.82, 2.24) is 4.98 Å². The van der Waals surface area contributed by atoms with Crippen molar-refractivity contribution in [2.45, 2.75) is 12.8 Å². The number of hydrogen-bond donors (Lipinski definition) is 1. The fourth-order valence-corrected chi connectivity index (χ4v) is 2.54. The molecule has 4 heteroatoms. The molecule has 0 amide bonds. The summed E-state index contributed by atoms with van der Waals surface area (Å²) >= 11 is 0. The number of aromatic amines is 1. The maximum absolute atomic E-state index is 13.2. The lowest BCUT2D eigenvalue weighted by Gasteiger charge is -1.99. The number of fused-ring (bicyclic) bond motifs is 1. The normalized spacial score (nSPS) is 15.4. The van der Waals surface area contributed by atoms with Gasteiger partial charge in [0.2, 0.25) is 0 Å². The van der Waals surface area contributed by atoms with Crippen molar-refractivity contribution in [1.29, 1.82) is 0 Å². The molecule has 0 unspecified atom stereocenters. The standard InChI is InChI=1S/C16H14FNO2/c1-20-16(19)15-9-13-11(5-6-14(13)18-15)7-10-3-2-4-12(17)8-10/h2-4,7-9,18H,5-6H2,1H3. The smallest absolute Gasteiger partial charge is 0.354 e. The van der Waals surface area contributed by atoms with Crippen LogP contribution in [0.25, 0.3) is 11.6 Å². The number of halogens is 1. The molecule has 0 aliphatic heterocycles. The number of esters is 1. The van der Waals surface area contributed by atoms with Crippen molar-refractivity contribution in [3.8, 4) is 0 Å². The number of H-pyrrole nitrogens is 1. The number of hydrogen-bond acceptors (Lipinski definition) is 2. The van der Waals surface area contributed by atoms with Gasteiger partial charge in [0.05, 0.1) is 7.11 Å². The molecule has 1 aromatic carbocycles. The Morgan fingerprint density at radius 1 is 1.35 bits per heavy atom. The van der Waals surface area contributed by atoms with Gasteiger partial charge in [-0.25, -0.2) is 9.18 Å². The Bertz CT molecular complexity index is 700. The highest BCUT2D eigenvalue weighted by Crippen LogP contribution is 2.34. The number of benzene rings is 1. The number of carbonyl (C=O) groups excluding carboxylic acids is 1. The van der Waals surface area contributed by atoms with E-state index in [4.69, 9.17) is 4.74 Å². The van der Waals surface area contributed by atoms with E-state index in [0.717, 1.165) is 35.2 Å². The Hall–Kier alpha value is -2.36. The van der Waals surface area contributed by atoms with Crippen molar-refractivity contribution < 1.29 is 13.9 Å². The molecule has 0 atom stereocenters. The third-order valence-corrected chi connectivity index (χ3v) is 3.48. The molecule has 2 aromatic rings. The summed E-state index contributed by atoms with van der Waals surface area (Å²) < 4.78 is 17.9. The lowest BCUT2D eigenvalue weighted by Crippen LogP contribution is -2.01. The first-order valence-electron chi connectivity index (χ1n) is 6.44. The molecule has 1 N–H and O–H groups in total. The molecule has 1 aromatic heterocycles. The Morgan fingerprint density at radius 3 is 2.95 bits per heavy atom. The molecule has 1 aliphatic carbocycles. The van der Waals surface area contributed by atoms with Gasteiger partial charge in [-0.3, -0.25) is 0 Å². The number of aromatic nitrogens is 1. The summed E-state index contributed by atoms with van der Waals surface area (Å²) in [7, 11) is 1.36. The molecule has 1 heterocycles. The van der Waals surface area contributed by atoms with Crippen molar-refractivity contribution in [3.63, 3.8) is 0 Å².